The molecule has 0 saturated heterocycles. The van der Waals surface area contributed by atoms with Crippen LogP contribution in [0.15, 0.2) is 73.1 Å². The highest BCUT2D eigenvalue weighted by Gasteiger charge is 2.22. The van der Waals surface area contributed by atoms with E-state index < -0.39 is 17.7 Å². The van der Waals surface area contributed by atoms with Crippen LogP contribution >= 0.6 is 0 Å². The van der Waals surface area contributed by atoms with Crippen LogP contribution in [0.25, 0.3) is 11.6 Å². The van der Waals surface area contributed by atoms with Crippen LogP contribution < -0.4 is 16.2 Å². The van der Waals surface area contributed by atoms with Gasteiger partial charge < -0.3 is 21.1 Å². The topological polar surface area (TPSA) is 129 Å². The van der Waals surface area contributed by atoms with E-state index in [0.29, 0.717) is 17.1 Å². The van der Waals surface area contributed by atoms with E-state index in [2.05, 4.69) is 4.98 Å². The van der Waals surface area contributed by atoms with E-state index >= 15 is 0 Å². The molecular formula is C26H26N4O4. The van der Waals surface area contributed by atoms with Gasteiger partial charge in [-0.1, -0.05) is 30.3 Å². The Morgan fingerprint density at radius 3 is 2.03 bits per heavy atom. The van der Waals surface area contributed by atoms with Crippen LogP contribution in [-0.4, -0.2) is 41.7 Å². The van der Waals surface area contributed by atoms with Gasteiger partial charge in [0, 0.05) is 37.6 Å². The molecule has 2 aromatic carbocycles. The van der Waals surface area contributed by atoms with Crippen LogP contribution in [0.5, 0.6) is 11.5 Å². The van der Waals surface area contributed by atoms with Gasteiger partial charge in [-0.3, -0.25) is 19.4 Å². The molecule has 1 heterocycles. The van der Waals surface area contributed by atoms with Crippen LogP contribution in [0.3, 0.4) is 0 Å². The largest absolute Gasteiger partial charge is 0.457 e. The van der Waals surface area contributed by atoms with E-state index in [0.717, 1.165) is 16.7 Å². The Kier molecular flexibility index (Phi) is 7.76. The Balaban J connectivity index is 1.73. The van der Waals surface area contributed by atoms with Crippen LogP contribution in [-0.2, 0) is 20.8 Å². The first-order chi connectivity index (χ1) is 16.2. The lowest BCUT2D eigenvalue weighted by atomic mass is 9.98. The Morgan fingerprint density at radius 1 is 0.941 bits per heavy atom. The number of carbonyl (C=O) groups is 3. The Morgan fingerprint density at radius 2 is 1.53 bits per heavy atom. The van der Waals surface area contributed by atoms with Crippen molar-refractivity contribution in [3.05, 3.63) is 89.7 Å². The third kappa shape index (κ3) is 6.29. The molecule has 3 amide bonds. The number of amides is 3. The van der Waals surface area contributed by atoms with E-state index in [1.165, 1.54) is 4.90 Å². The van der Waals surface area contributed by atoms with Gasteiger partial charge in [-0.05, 0) is 54.0 Å². The van der Waals surface area contributed by atoms with Crippen LogP contribution in [0.2, 0.25) is 0 Å². The average molecular weight is 459 g/mol. The minimum absolute atomic E-state index is 0.122. The second kappa shape index (κ2) is 10.9. The van der Waals surface area contributed by atoms with E-state index in [1.807, 2.05) is 24.3 Å². The molecule has 0 spiro atoms. The molecule has 8 nitrogen and oxygen atoms in total. The molecule has 0 aliphatic carbocycles. The molecule has 0 bridgehead atoms. The van der Waals surface area contributed by atoms with Crippen molar-refractivity contribution in [2.45, 2.75) is 6.42 Å². The van der Waals surface area contributed by atoms with Crippen LogP contribution in [0.1, 0.15) is 16.7 Å². The first-order valence-electron chi connectivity index (χ1n) is 10.5. The molecule has 0 saturated carbocycles. The minimum Gasteiger partial charge on any atom is -0.457 e. The molecule has 4 N–H and O–H groups in total. The summed E-state index contributed by atoms with van der Waals surface area (Å²) in [5.74, 6) is -1.48. The third-order valence-electron chi connectivity index (χ3n) is 5.09. The second-order valence-corrected chi connectivity index (χ2v) is 7.88. The number of primary amides is 2. The molecule has 0 aliphatic heterocycles. The van der Waals surface area contributed by atoms with Gasteiger partial charge in [0.15, 0.2) is 0 Å². The molecule has 174 valence electrons. The summed E-state index contributed by atoms with van der Waals surface area (Å²) in [5, 5.41) is 0. The number of nitrogens with two attached hydrogens (primary N) is 2. The monoisotopic (exact) mass is 458 g/mol. The Hall–Kier alpha value is -4.46. The van der Waals surface area contributed by atoms with Crippen molar-refractivity contribution in [1.29, 1.82) is 0 Å². The van der Waals surface area contributed by atoms with Gasteiger partial charge in [0.2, 0.25) is 11.8 Å². The average Bonchev–Trinajstić information content (AvgIpc) is 2.82. The zero-order valence-electron chi connectivity index (χ0n) is 19.0. The molecule has 0 unspecified atom stereocenters. The van der Waals surface area contributed by atoms with Crippen molar-refractivity contribution in [2.24, 2.45) is 17.4 Å². The maximum atomic E-state index is 12.7. The predicted octanol–water partition coefficient (Wildman–Crippen LogP) is 2.63. The third-order valence-corrected chi connectivity index (χ3v) is 5.09. The molecular weight excluding hydrogens is 432 g/mol. The fraction of sp³-hybridized carbons (Fsp3) is 0.154. The summed E-state index contributed by atoms with van der Waals surface area (Å²) in [4.78, 5) is 41.0. The maximum absolute atomic E-state index is 12.7. The van der Waals surface area contributed by atoms with Crippen molar-refractivity contribution in [3.63, 3.8) is 0 Å². The molecule has 34 heavy (non-hydrogen) atoms. The zero-order chi connectivity index (χ0) is 24.7. The molecule has 3 aromatic rings. The maximum Gasteiger partial charge on any atom is 0.254 e. The zero-order valence-corrected chi connectivity index (χ0v) is 19.0. The highest BCUT2D eigenvalue weighted by atomic mass is 16.5. The van der Waals surface area contributed by atoms with Gasteiger partial charge in [-0.2, -0.15) is 0 Å². The minimum atomic E-state index is -1.05. The molecule has 0 radical (unpaired) electrons. The fourth-order valence-corrected chi connectivity index (χ4v) is 3.24. The lowest BCUT2D eigenvalue weighted by molar-refractivity contribution is -0.131. The van der Waals surface area contributed by atoms with E-state index in [1.54, 1.807) is 69.0 Å². The molecule has 0 atom stereocenters. The predicted molar refractivity (Wildman–Crippen MR) is 129 cm³/mol. The number of ether oxygens (including phenoxy) is 1. The number of rotatable bonds is 9. The van der Waals surface area contributed by atoms with E-state index in [9.17, 15) is 14.4 Å². The summed E-state index contributed by atoms with van der Waals surface area (Å²) in [5.41, 5.74) is 13.3. The van der Waals surface area contributed by atoms with E-state index in [4.69, 9.17) is 16.2 Å². The number of likely N-dealkylation sites (N-methyl/N-ethyl adjacent to an activating group) is 1. The number of benzene rings is 2. The highest BCUT2D eigenvalue weighted by molar-refractivity contribution is 6.23. The van der Waals surface area contributed by atoms with Gasteiger partial charge in [-0.15, -0.1) is 0 Å². The Bertz CT molecular complexity index is 1170. The van der Waals surface area contributed by atoms with Crippen molar-refractivity contribution >= 4 is 29.4 Å². The summed E-state index contributed by atoms with van der Waals surface area (Å²) in [6, 6.07) is 17.9. The summed E-state index contributed by atoms with van der Waals surface area (Å²) in [6.07, 6.45) is 5.26. The van der Waals surface area contributed by atoms with Crippen LogP contribution in [0, 0.1) is 5.92 Å². The first-order valence-corrected chi connectivity index (χ1v) is 10.5. The standard InChI is InChI=1S/C26H26N4O4/c1-30(2)26(33)22(19-4-3-13-29-16-19)14-17-5-9-20(10-6-17)34-21-11-7-18(8-12-21)15-23(24(27)31)25(28)32/h3-14,16,23H,15H2,1-2H3,(H2,27,31)(H2,28,32). The van der Waals surface area contributed by atoms with Crippen molar-refractivity contribution in [2.75, 3.05) is 14.1 Å². The SMILES string of the molecule is CN(C)C(=O)C(=Cc1ccc(Oc2ccc(CC(C(N)=O)C(N)=O)cc2)cc1)c1cccnc1. The van der Waals surface area contributed by atoms with Gasteiger partial charge in [0.1, 0.15) is 17.4 Å². The number of pyridine rings is 1. The Labute approximate surface area is 197 Å². The van der Waals surface area contributed by atoms with Crippen molar-refractivity contribution in [3.8, 4) is 11.5 Å². The molecule has 0 fully saturated rings. The van der Waals surface area contributed by atoms with Crippen molar-refractivity contribution in [1.82, 2.24) is 9.88 Å². The van der Waals surface area contributed by atoms with Gasteiger partial charge in [0.05, 0.1) is 0 Å². The normalized spacial score (nSPS) is 11.2. The van der Waals surface area contributed by atoms with Crippen molar-refractivity contribution < 1.29 is 19.1 Å². The number of aromatic nitrogens is 1. The highest BCUT2D eigenvalue weighted by Crippen LogP contribution is 2.25. The summed E-state index contributed by atoms with van der Waals surface area (Å²) in [7, 11) is 3.41. The number of hydrogen-bond acceptors (Lipinski definition) is 5. The quantitative estimate of drug-likeness (QED) is 0.376. The lowest BCUT2D eigenvalue weighted by Gasteiger charge is -2.14. The summed E-state index contributed by atoms with van der Waals surface area (Å²) < 4.78 is 5.87. The van der Waals surface area contributed by atoms with E-state index in [-0.39, 0.29) is 12.3 Å². The van der Waals surface area contributed by atoms with Gasteiger partial charge in [0.25, 0.3) is 5.91 Å². The second-order valence-electron chi connectivity index (χ2n) is 7.88. The summed E-state index contributed by atoms with van der Waals surface area (Å²) >= 11 is 0. The fourth-order valence-electron chi connectivity index (χ4n) is 3.24. The molecule has 0 aliphatic rings. The van der Waals surface area contributed by atoms with Gasteiger partial charge >= 0.3 is 0 Å². The first kappa shape index (κ1) is 24.2. The number of nitrogens with zero attached hydrogens (tertiary/aromatic N) is 2. The number of carbonyl (C=O) groups excluding carboxylic acids is 3. The molecule has 8 heteroatoms. The summed E-state index contributed by atoms with van der Waals surface area (Å²) in [6.45, 7) is 0. The molecule has 1 aromatic heterocycles. The van der Waals surface area contributed by atoms with Gasteiger partial charge in [-0.25, -0.2) is 0 Å². The number of hydrogen-bond donors (Lipinski definition) is 2. The lowest BCUT2D eigenvalue weighted by Crippen LogP contribution is -2.36. The molecule has 3 rings (SSSR count). The van der Waals surface area contributed by atoms with Crippen LogP contribution in [0.4, 0.5) is 0 Å². The smallest absolute Gasteiger partial charge is 0.254 e.